The molecule has 0 spiro atoms. The molecule has 1 amide bonds. The first kappa shape index (κ1) is 18.2. The lowest BCUT2D eigenvalue weighted by Crippen LogP contribution is -2.49. The van der Waals surface area contributed by atoms with Gasteiger partial charge in [0.05, 0.1) is 5.39 Å². The number of likely N-dealkylation sites (tertiary alicyclic amines) is 1. The molecule has 4 rings (SSSR count). The number of carbonyl (C=O) groups excluding carboxylic acids is 1. The number of aryl methyl sites for hydroxylation is 2. The van der Waals surface area contributed by atoms with Gasteiger partial charge < -0.3 is 4.90 Å². The molecule has 0 N–H and O–H groups in total. The number of aromatic nitrogens is 4. The lowest BCUT2D eigenvalue weighted by atomic mass is 9.97. The summed E-state index contributed by atoms with van der Waals surface area (Å²) < 4.78 is 2.75. The van der Waals surface area contributed by atoms with Gasteiger partial charge in [0.1, 0.15) is 17.7 Å². The maximum atomic E-state index is 12.9. The standard InChI is InChI=1S/C19H25N5O2S/c1-5-14-13(4)27-18-16(14)17-21-23(19(26)22(17)10-20-18)9-15(25)24-11(2)7-6-8-12(24)3/h10-12H,5-9H2,1-4H3/t11-,12-/m0/s1. The summed E-state index contributed by atoms with van der Waals surface area (Å²) >= 11 is 1.62. The van der Waals surface area contributed by atoms with Crippen molar-refractivity contribution in [1.82, 2.24) is 24.1 Å². The van der Waals surface area contributed by atoms with E-state index in [4.69, 9.17) is 0 Å². The molecule has 1 fully saturated rings. The van der Waals surface area contributed by atoms with Crippen LogP contribution >= 0.6 is 11.3 Å². The van der Waals surface area contributed by atoms with Crippen LogP contribution in [0.15, 0.2) is 11.1 Å². The van der Waals surface area contributed by atoms with Crippen LogP contribution in [0.4, 0.5) is 0 Å². The Morgan fingerprint density at radius 2 is 2.00 bits per heavy atom. The molecule has 0 radical (unpaired) electrons. The Labute approximate surface area is 161 Å². The molecule has 4 heterocycles. The fourth-order valence-corrected chi connectivity index (χ4v) is 5.42. The van der Waals surface area contributed by atoms with E-state index in [1.165, 1.54) is 25.9 Å². The lowest BCUT2D eigenvalue weighted by Gasteiger charge is -2.39. The molecule has 2 atom stereocenters. The largest absolute Gasteiger partial charge is 0.352 e. The van der Waals surface area contributed by atoms with Crippen molar-refractivity contribution in [3.05, 3.63) is 27.3 Å². The summed E-state index contributed by atoms with van der Waals surface area (Å²) in [6.45, 7) is 8.29. The SMILES string of the molecule is CCc1c(C)sc2ncn3c(=O)n(CC(=O)N4[C@@H](C)CCC[C@@H]4C)nc3c12. The summed E-state index contributed by atoms with van der Waals surface area (Å²) in [5, 5.41) is 5.47. The van der Waals surface area contributed by atoms with Crippen molar-refractivity contribution >= 4 is 33.1 Å². The molecule has 0 aliphatic carbocycles. The number of hydrogen-bond acceptors (Lipinski definition) is 5. The van der Waals surface area contributed by atoms with E-state index < -0.39 is 0 Å². The van der Waals surface area contributed by atoms with Gasteiger partial charge in [-0.3, -0.25) is 4.79 Å². The molecule has 1 aliphatic heterocycles. The van der Waals surface area contributed by atoms with Crippen LogP contribution in [0, 0.1) is 6.92 Å². The van der Waals surface area contributed by atoms with Crippen molar-refractivity contribution < 1.29 is 4.79 Å². The molecule has 8 heteroatoms. The van der Waals surface area contributed by atoms with Crippen molar-refractivity contribution in [2.45, 2.75) is 72.0 Å². The Bertz CT molecular complexity index is 1070. The minimum atomic E-state index is -0.309. The number of piperidine rings is 1. The fourth-order valence-electron chi connectivity index (χ4n) is 4.34. The highest BCUT2D eigenvalue weighted by atomic mass is 32.1. The molecule has 3 aromatic heterocycles. The van der Waals surface area contributed by atoms with Gasteiger partial charge >= 0.3 is 5.69 Å². The predicted molar refractivity (Wildman–Crippen MR) is 106 cm³/mol. The van der Waals surface area contributed by atoms with Crippen LogP contribution in [0.3, 0.4) is 0 Å². The van der Waals surface area contributed by atoms with Gasteiger partial charge in [-0.1, -0.05) is 6.92 Å². The second-order valence-corrected chi connectivity index (χ2v) is 8.68. The van der Waals surface area contributed by atoms with Gasteiger partial charge in [-0.25, -0.2) is 18.9 Å². The predicted octanol–water partition coefficient (Wildman–Crippen LogP) is 2.77. The summed E-state index contributed by atoms with van der Waals surface area (Å²) in [4.78, 5) is 34.2. The molecule has 27 heavy (non-hydrogen) atoms. The molecule has 0 unspecified atom stereocenters. The first-order valence-corrected chi connectivity index (χ1v) is 10.4. The molecule has 144 valence electrons. The molecule has 0 aromatic carbocycles. The van der Waals surface area contributed by atoms with E-state index in [2.05, 4.69) is 37.8 Å². The highest BCUT2D eigenvalue weighted by Crippen LogP contribution is 2.31. The monoisotopic (exact) mass is 387 g/mol. The highest BCUT2D eigenvalue weighted by Gasteiger charge is 2.29. The summed E-state index contributed by atoms with van der Waals surface area (Å²) in [6.07, 6.45) is 5.54. The van der Waals surface area contributed by atoms with Gasteiger partial charge in [-0.2, -0.15) is 0 Å². The Morgan fingerprint density at radius 1 is 1.30 bits per heavy atom. The summed E-state index contributed by atoms with van der Waals surface area (Å²) in [5.74, 6) is -0.0402. The van der Waals surface area contributed by atoms with E-state index in [1.54, 1.807) is 11.3 Å². The van der Waals surface area contributed by atoms with E-state index in [0.29, 0.717) is 5.65 Å². The molecule has 3 aromatic rings. The first-order valence-electron chi connectivity index (χ1n) is 9.59. The van der Waals surface area contributed by atoms with Crippen LogP contribution in [-0.4, -0.2) is 42.1 Å². The second-order valence-electron chi connectivity index (χ2n) is 7.48. The molecule has 0 saturated carbocycles. The first-order chi connectivity index (χ1) is 12.9. The maximum absolute atomic E-state index is 12.9. The summed E-state index contributed by atoms with van der Waals surface area (Å²) in [5.41, 5.74) is 1.46. The van der Waals surface area contributed by atoms with Gasteiger partial charge in [0.15, 0.2) is 5.65 Å². The second kappa shape index (κ2) is 6.74. The van der Waals surface area contributed by atoms with Crippen LogP contribution in [0.5, 0.6) is 0 Å². The zero-order valence-electron chi connectivity index (χ0n) is 16.2. The zero-order valence-corrected chi connectivity index (χ0v) is 17.0. The van der Waals surface area contributed by atoms with E-state index in [9.17, 15) is 9.59 Å². The number of carbonyl (C=O) groups is 1. The number of nitrogens with zero attached hydrogens (tertiary/aromatic N) is 5. The normalized spacial score (nSPS) is 20.7. The van der Waals surface area contributed by atoms with Crippen LogP contribution < -0.4 is 5.69 Å². The third-order valence-electron chi connectivity index (χ3n) is 5.70. The molecule has 0 bridgehead atoms. The van der Waals surface area contributed by atoms with Crippen molar-refractivity contribution in [2.75, 3.05) is 0 Å². The third-order valence-corrected chi connectivity index (χ3v) is 6.75. The topological polar surface area (TPSA) is 72.5 Å². The van der Waals surface area contributed by atoms with Crippen LogP contribution in [0.2, 0.25) is 0 Å². The molecule has 1 saturated heterocycles. The van der Waals surface area contributed by atoms with Crippen molar-refractivity contribution in [1.29, 1.82) is 0 Å². The van der Waals surface area contributed by atoms with Gasteiger partial charge in [-0.05, 0) is 52.0 Å². The minimum Gasteiger partial charge on any atom is -0.336 e. The quantitative estimate of drug-likeness (QED) is 0.693. The zero-order chi connectivity index (χ0) is 19.3. The van der Waals surface area contributed by atoms with Gasteiger partial charge in [0.2, 0.25) is 5.91 Å². The van der Waals surface area contributed by atoms with Crippen molar-refractivity contribution in [3.8, 4) is 0 Å². The number of fused-ring (bicyclic) bond motifs is 3. The highest BCUT2D eigenvalue weighted by molar-refractivity contribution is 7.18. The van der Waals surface area contributed by atoms with Crippen LogP contribution in [-0.2, 0) is 17.8 Å². The molecule has 1 aliphatic rings. The van der Waals surface area contributed by atoms with Gasteiger partial charge in [-0.15, -0.1) is 16.4 Å². The van der Waals surface area contributed by atoms with E-state index in [1.807, 2.05) is 4.90 Å². The van der Waals surface area contributed by atoms with Crippen molar-refractivity contribution in [2.24, 2.45) is 0 Å². The number of rotatable bonds is 3. The number of amides is 1. The number of thiophene rings is 1. The van der Waals surface area contributed by atoms with E-state index in [0.717, 1.165) is 35.9 Å². The Hall–Kier alpha value is -2.22. The summed E-state index contributed by atoms with van der Waals surface area (Å²) in [6, 6.07) is 0.405. The van der Waals surface area contributed by atoms with E-state index in [-0.39, 0.29) is 30.2 Å². The third kappa shape index (κ3) is 2.86. The van der Waals surface area contributed by atoms with E-state index >= 15 is 0 Å². The van der Waals surface area contributed by atoms with Crippen LogP contribution in [0.25, 0.3) is 15.9 Å². The van der Waals surface area contributed by atoms with Gasteiger partial charge in [0.25, 0.3) is 0 Å². The van der Waals surface area contributed by atoms with Crippen molar-refractivity contribution in [3.63, 3.8) is 0 Å². The minimum absolute atomic E-state index is 0.0265. The maximum Gasteiger partial charge on any atom is 0.352 e. The fraction of sp³-hybridized carbons (Fsp3) is 0.579. The Kier molecular flexibility index (Phi) is 4.53. The Morgan fingerprint density at radius 3 is 2.67 bits per heavy atom. The average Bonchev–Trinajstić information content (AvgIpc) is 3.11. The van der Waals surface area contributed by atoms with Crippen LogP contribution in [0.1, 0.15) is 50.5 Å². The Balaban J connectivity index is 1.77. The molecular weight excluding hydrogens is 362 g/mol. The lowest BCUT2D eigenvalue weighted by molar-refractivity contribution is -0.138. The molecular formula is C19H25N5O2S. The number of hydrogen-bond donors (Lipinski definition) is 0. The average molecular weight is 388 g/mol. The smallest absolute Gasteiger partial charge is 0.336 e. The van der Waals surface area contributed by atoms with Gasteiger partial charge in [0, 0.05) is 17.0 Å². The summed E-state index contributed by atoms with van der Waals surface area (Å²) in [7, 11) is 0. The molecule has 7 nitrogen and oxygen atoms in total.